The maximum absolute atomic E-state index is 10.8. The summed E-state index contributed by atoms with van der Waals surface area (Å²) in [7, 11) is 0. The van der Waals surface area contributed by atoms with Crippen LogP contribution in [0.2, 0.25) is 0 Å². The molecule has 1 N–H and O–H groups in total. The van der Waals surface area contributed by atoms with E-state index in [-0.39, 0.29) is 5.97 Å². The van der Waals surface area contributed by atoms with Crippen molar-refractivity contribution in [3.63, 3.8) is 0 Å². The van der Waals surface area contributed by atoms with Crippen molar-refractivity contribution >= 4 is 11.9 Å². The Bertz CT molecular complexity index is 512. The van der Waals surface area contributed by atoms with Gasteiger partial charge in [0.05, 0.1) is 0 Å². The molecule has 0 unspecified atom stereocenters. The van der Waals surface area contributed by atoms with Crippen LogP contribution in [0.25, 0.3) is 0 Å². The Morgan fingerprint density at radius 2 is 1.89 bits per heavy atom. The first-order chi connectivity index (χ1) is 8.74. The molecule has 18 heavy (non-hydrogen) atoms. The third-order valence-electron chi connectivity index (χ3n) is 2.20. The van der Waals surface area contributed by atoms with Crippen molar-refractivity contribution in [1.82, 2.24) is 9.97 Å². The van der Waals surface area contributed by atoms with Gasteiger partial charge in [0.2, 0.25) is 5.95 Å². The summed E-state index contributed by atoms with van der Waals surface area (Å²) < 4.78 is 4.95. The highest BCUT2D eigenvalue weighted by molar-refractivity contribution is 5.69. The Balaban J connectivity index is 1.92. The zero-order chi connectivity index (χ0) is 12.8. The summed E-state index contributed by atoms with van der Waals surface area (Å²) in [6.07, 6.45) is 3.36. The van der Waals surface area contributed by atoms with E-state index in [0.717, 1.165) is 5.56 Å². The lowest BCUT2D eigenvalue weighted by atomic mass is 10.2. The Morgan fingerprint density at radius 1 is 1.22 bits per heavy atom. The lowest BCUT2D eigenvalue weighted by Gasteiger charge is -2.05. The average Bonchev–Trinajstić information content (AvgIpc) is 2.38. The third kappa shape index (κ3) is 3.55. The highest BCUT2D eigenvalue weighted by Crippen LogP contribution is 2.13. The van der Waals surface area contributed by atoms with Crippen molar-refractivity contribution in [2.75, 3.05) is 5.32 Å². The lowest BCUT2D eigenvalue weighted by Crippen LogP contribution is -2.04. The number of anilines is 1. The molecule has 1 heterocycles. The molecule has 0 bridgehead atoms. The minimum Gasteiger partial charge on any atom is -0.427 e. The van der Waals surface area contributed by atoms with E-state index < -0.39 is 0 Å². The molecule has 2 aromatic rings. The van der Waals surface area contributed by atoms with Gasteiger partial charge < -0.3 is 10.1 Å². The van der Waals surface area contributed by atoms with Crippen LogP contribution in [0.3, 0.4) is 0 Å². The number of hydrogen-bond acceptors (Lipinski definition) is 5. The van der Waals surface area contributed by atoms with Crippen LogP contribution in [0, 0.1) is 0 Å². The number of hydrogen-bond donors (Lipinski definition) is 1. The summed E-state index contributed by atoms with van der Waals surface area (Å²) in [4.78, 5) is 18.9. The molecule has 0 aliphatic carbocycles. The van der Waals surface area contributed by atoms with Gasteiger partial charge in [-0.3, -0.25) is 4.79 Å². The molecule has 92 valence electrons. The monoisotopic (exact) mass is 243 g/mol. The van der Waals surface area contributed by atoms with Gasteiger partial charge in [0.1, 0.15) is 5.75 Å². The smallest absolute Gasteiger partial charge is 0.308 e. The first-order valence-electron chi connectivity index (χ1n) is 5.52. The van der Waals surface area contributed by atoms with Gasteiger partial charge in [0, 0.05) is 25.9 Å². The SMILES string of the molecule is CC(=O)Oc1ccc(CNc2ncccn2)cc1. The second-order valence-electron chi connectivity index (χ2n) is 3.66. The fourth-order valence-corrected chi connectivity index (χ4v) is 1.41. The predicted octanol–water partition coefficient (Wildman–Crippen LogP) is 2.01. The molecule has 5 heteroatoms. The van der Waals surface area contributed by atoms with Crippen LogP contribution in [-0.4, -0.2) is 15.9 Å². The predicted molar refractivity (Wildman–Crippen MR) is 67.1 cm³/mol. The molecular weight excluding hydrogens is 230 g/mol. The number of aromatic nitrogens is 2. The Hall–Kier alpha value is -2.43. The maximum atomic E-state index is 10.8. The molecule has 0 saturated heterocycles. The van der Waals surface area contributed by atoms with Crippen molar-refractivity contribution in [2.45, 2.75) is 13.5 Å². The Kier molecular flexibility index (Phi) is 3.86. The number of carbonyl (C=O) groups excluding carboxylic acids is 1. The van der Waals surface area contributed by atoms with Gasteiger partial charge in [0.25, 0.3) is 0 Å². The van der Waals surface area contributed by atoms with Gasteiger partial charge in [-0.05, 0) is 23.8 Å². The highest BCUT2D eigenvalue weighted by atomic mass is 16.5. The second kappa shape index (κ2) is 5.77. The van der Waals surface area contributed by atoms with Gasteiger partial charge in [-0.2, -0.15) is 0 Å². The Labute approximate surface area is 105 Å². The molecule has 0 spiro atoms. The lowest BCUT2D eigenvalue weighted by molar-refractivity contribution is -0.131. The first kappa shape index (κ1) is 12.0. The standard InChI is InChI=1S/C13H13N3O2/c1-10(17)18-12-5-3-11(4-6-12)9-16-13-14-7-2-8-15-13/h2-8H,9H2,1H3,(H,14,15,16). The van der Waals surface area contributed by atoms with Crippen LogP contribution < -0.4 is 10.1 Å². The van der Waals surface area contributed by atoms with Crippen molar-refractivity contribution in [3.8, 4) is 5.75 Å². The summed E-state index contributed by atoms with van der Waals surface area (Å²) in [6.45, 7) is 1.99. The van der Waals surface area contributed by atoms with Crippen LogP contribution >= 0.6 is 0 Å². The molecular formula is C13H13N3O2. The minimum absolute atomic E-state index is 0.321. The number of ether oxygens (including phenoxy) is 1. The number of nitrogens with one attached hydrogen (secondary N) is 1. The number of carbonyl (C=O) groups is 1. The van der Waals surface area contributed by atoms with Crippen molar-refractivity contribution in [1.29, 1.82) is 0 Å². The number of benzene rings is 1. The second-order valence-corrected chi connectivity index (χ2v) is 3.66. The third-order valence-corrected chi connectivity index (χ3v) is 2.20. The fraction of sp³-hybridized carbons (Fsp3) is 0.154. The molecule has 0 amide bonds. The van der Waals surface area contributed by atoms with Gasteiger partial charge >= 0.3 is 5.97 Å². The molecule has 0 saturated carbocycles. The topological polar surface area (TPSA) is 64.1 Å². The van der Waals surface area contributed by atoms with E-state index in [0.29, 0.717) is 18.2 Å². The first-order valence-corrected chi connectivity index (χ1v) is 5.52. The normalized spacial score (nSPS) is 9.83. The average molecular weight is 243 g/mol. The number of nitrogens with zero attached hydrogens (tertiary/aromatic N) is 2. The molecule has 1 aromatic heterocycles. The summed E-state index contributed by atoms with van der Waals surface area (Å²) in [5.41, 5.74) is 1.05. The van der Waals surface area contributed by atoms with E-state index in [2.05, 4.69) is 15.3 Å². The van der Waals surface area contributed by atoms with Crippen molar-refractivity contribution in [3.05, 3.63) is 48.3 Å². The van der Waals surface area contributed by atoms with Crippen LogP contribution in [0.5, 0.6) is 5.75 Å². The Morgan fingerprint density at radius 3 is 2.50 bits per heavy atom. The van der Waals surface area contributed by atoms with Crippen LogP contribution in [0.15, 0.2) is 42.7 Å². The summed E-state index contributed by atoms with van der Waals surface area (Å²) >= 11 is 0. The quantitative estimate of drug-likeness (QED) is 0.657. The van der Waals surface area contributed by atoms with Crippen molar-refractivity contribution in [2.24, 2.45) is 0 Å². The summed E-state index contributed by atoms with van der Waals surface area (Å²) in [5.74, 6) is 0.808. The summed E-state index contributed by atoms with van der Waals surface area (Å²) in [5, 5.41) is 3.09. The maximum Gasteiger partial charge on any atom is 0.308 e. The number of esters is 1. The molecule has 0 radical (unpaired) electrons. The molecule has 0 aliphatic rings. The van der Waals surface area contributed by atoms with Crippen molar-refractivity contribution < 1.29 is 9.53 Å². The van der Waals surface area contributed by atoms with Gasteiger partial charge in [-0.1, -0.05) is 12.1 Å². The van der Waals surface area contributed by atoms with Gasteiger partial charge in [0.15, 0.2) is 0 Å². The van der Waals surface area contributed by atoms with E-state index in [1.54, 1.807) is 30.6 Å². The molecule has 0 atom stereocenters. The molecule has 0 aliphatic heterocycles. The molecule has 1 aromatic carbocycles. The molecule has 5 nitrogen and oxygen atoms in total. The molecule has 0 fully saturated rings. The minimum atomic E-state index is -0.321. The zero-order valence-electron chi connectivity index (χ0n) is 9.96. The van der Waals surface area contributed by atoms with Gasteiger partial charge in [-0.15, -0.1) is 0 Å². The zero-order valence-corrected chi connectivity index (χ0v) is 9.96. The van der Waals surface area contributed by atoms with E-state index in [1.165, 1.54) is 6.92 Å². The molecule has 2 rings (SSSR count). The fourth-order valence-electron chi connectivity index (χ4n) is 1.41. The number of rotatable bonds is 4. The van der Waals surface area contributed by atoms with E-state index in [4.69, 9.17) is 4.74 Å². The van der Waals surface area contributed by atoms with E-state index >= 15 is 0 Å². The van der Waals surface area contributed by atoms with Crippen LogP contribution in [-0.2, 0) is 11.3 Å². The van der Waals surface area contributed by atoms with E-state index in [1.807, 2.05) is 12.1 Å². The summed E-state index contributed by atoms with van der Waals surface area (Å²) in [6, 6.07) is 9.04. The van der Waals surface area contributed by atoms with Crippen LogP contribution in [0.4, 0.5) is 5.95 Å². The van der Waals surface area contributed by atoms with Gasteiger partial charge in [-0.25, -0.2) is 9.97 Å². The largest absolute Gasteiger partial charge is 0.427 e. The van der Waals surface area contributed by atoms with E-state index in [9.17, 15) is 4.79 Å². The highest BCUT2D eigenvalue weighted by Gasteiger charge is 1.99. The van der Waals surface area contributed by atoms with Crippen LogP contribution in [0.1, 0.15) is 12.5 Å².